The van der Waals surface area contributed by atoms with E-state index in [0.29, 0.717) is 13.2 Å². The minimum absolute atomic E-state index is 0.0304. The van der Waals surface area contributed by atoms with E-state index in [1.165, 1.54) is 0 Å². The van der Waals surface area contributed by atoms with Crippen LogP contribution in [0.15, 0.2) is 35.1 Å². The van der Waals surface area contributed by atoms with Gasteiger partial charge in [-0.2, -0.15) is 5.10 Å². The number of rotatable bonds is 5. The van der Waals surface area contributed by atoms with Gasteiger partial charge in [-0.3, -0.25) is 4.68 Å². The molecule has 4 nitrogen and oxygen atoms in total. The van der Waals surface area contributed by atoms with E-state index in [4.69, 9.17) is 4.74 Å². The molecule has 1 N–H and O–H groups in total. The van der Waals surface area contributed by atoms with E-state index in [9.17, 15) is 5.11 Å². The highest BCUT2D eigenvalue weighted by molar-refractivity contribution is 9.10. The van der Waals surface area contributed by atoms with Crippen molar-refractivity contribution in [1.82, 2.24) is 9.78 Å². The number of benzene rings is 1. The van der Waals surface area contributed by atoms with Crippen molar-refractivity contribution in [3.63, 3.8) is 0 Å². The van der Waals surface area contributed by atoms with Crippen molar-refractivity contribution in [3.8, 4) is 5.75 Å². The number of aromatic nitrogens is 2. The maximum Gasteiger partial charge on any atom is 0.127 e. The normalized spacial score (nSPS) is 10.6. The Morgan fingerprint density at radius 1 is 1.44 bits per heavy atom. The molecule has 0 aliphatic heterocycles. The summed E-state index contributed by atoms with van der Waals surface area (Å²) in [7, 11) is 0. The molecular formula is C13H15BrN2O2. The predicted octanol–water partition coefficient (Wildman–Crippen LogP) is 2.53. The molecule has 0 atom stereocenters. The Balaban J connectivity index is 2.04. The third kappa shape index (κ3) is 3.11. The molecule has 2 rings (SSSR count). The number of ether oxygens (including phenoxy) is 1. The zero-order valence-corrected chi connectivity index (χ0v) is 11.7. The fraction of sp³-hybridized carbons (Fsp3) is 0.308. The van der Waals surface area contributed by atoms with Crippen molar-refractivity contribution in [3.05, 3.63) is 46.2 Å². The van der Waals surface area contributed by atoms with Crippen LogP contribution in [0.1, 0.15) is 11.1 Å². The molecule has 1 heterocycles. The van der Waals surface area contributed by atoms with Gasteiger partial charge < -0.3 is 9.84 Å². The van der Waals surface area contributed by atoms with Gasteiger partial charge >= 0.3 is 0 Å². The first-order chi connectivity index (χ1) is 8.70. The van der Waals surface area contributed by atoms with E-state index in [2.05, 4.69) is 21.0 Å². The quantitative estimate of drug-likeness (QED) is 0.923. The van der Waals surface area contributed by atoms with Gasteiger partial charge in [-0.15, -0.1) is 0 Å². The van der Waals surface area contributed by atoms with Crippen LogP contribution in [0.5, 0.6) is 5.75 Å². The van der Waals surface area contributed by atoms with Crippen LogP contribution < -0.4 is 4.74 Å². The lowest BCUT2D eigenvalue weighted by Gasteiger charge is -2.13. The first-order valence-corrected chi connectivity index (χ1v) is 6.50. The Labute approximate surface area is 114 Å². The first kappa shape index (κ1) is 13.1. The molecule has 2 aromatic rings. The van der Waals surface area contributed by atoms with E-state index >= 15 is 0 Å². The maximum absolute atomic E-state index is 9.33. The second kappa shape index (κ2) is 6.02. The number of hydrogen-bond acceptors (Lipinski definition) is 3. The lowest BCUT2D eigenvalue weighted by molar-refractivity contribution is 0.254. The van der Waals surface area contributed by atoms with Gasteiger partial charge in [0, 0.05) is 22.4 Å². The Bertz CT molecular complexity index is 512. The standard InChI is InChI=1S/C13H15BrN2O2/c1-10-7-12(14)8-11(9-17)13(10)18-6-5-16-4-2-3-15-16/h2-4,7-8,17H,5-6,9H2,1H3. The van der Waals surface area contributed by atoms with Gasteiger partial charge in [0.25, 0.3) is 0 Å². The van der Waals surface area contributed by atoms with Crippen molar-refractivity contribution in [2.75, 3.05) is 6.61 Å². The number of nitrogens with zero attached hydrogens (tertiary/aromatic N) is 2. The molecule has 0 spiro atoms. The van der Waals surface area contributed by atoms with Crippen LogP contribution in [0, 0.1) is 6.92 Å². The molecule has 1 aromatic heterocycles. The summed E-state index contributed by atoms with van der Waals surface area (Å²) in [6.45, 7) is 3.15. The van der Waals surface area contributed by atoms with Crippen LogP contribution >= 0.6 is 15.9 Å². The number of hydrogen-bond donors (Lipinski definition) is 1. The van der Waals surface area contributed by atoms with Gasteiger partial charge in [-0.05, 0) is 30.7 Å². The summed E-state index contributed by atoms with van der Waals surface area (Å²) in [6, 6.07) is 5.72. The van der Waals surface area contributed by atoms with Gasteiger partial charge in [0.2, 0.25) is 0 Å². The number of aliphatic hydroxyl groups excluding tert-OH is 1. The fourth-order valence-corrected chi connectivity index (χ4v) is 2.42. The zero-order chi connectivity index (χ0) is 13.0. The Morgan fingerprint density at radius 3 is 2.94 bits per heavy atom. The number of halogens is 1. The topological polar surface area (TPSA) is 47.3 Å². The first-order valence-electron chi connectivity index (χ1n) is 5.71. The molecular weight excluding hydrogens is 296 g/mol. The van der Waals surface area contributed by atoms with Crippen LogP contribution in [-0.2, 0) is 13.2 Å². The summed E-state index contributed by atoms with van der Waals surface area (Å²) >= 11 is 3.41. The largest absolute Gasteiger partial charge is 0.491 e. The molecule has 18 heavy (non-hydrogen) atoms. The van der Waals surface area contributed by atoms with Gasteiger partial charge in [0.1, 0.15) is 12.4 Å². The smallest absolute Gasteiger partial charge is 0.127 e. The average molecular weight is 311 g/mol. The van der Waals surface area contributed by atoms with E-state index in [-0.39, 0.29) is 6.61 Å². The number of aliphatic hydroxyl groups is 1. The zero-order valence-electron chi connectivity index (χ0n) is 10.1. The van der Waals surface area contributed by atoms with Crippen molar-refractivity contribution in [2.45, 2.75) is 20.1 Å². The summed E-state index contributed by atoms with van der Waals surface area (Å²) in [4.78, 5) is 0. The summed E-state index contributed by atoms with van der Waals surface area (Å²) < 4.78 is 8.51. The summed E-state index contributed by atoms with van der Waals surface area (Å²) in [5.74, 6) is 0.757. The average Bonchev–Trinajstić information content (AvgIpc) is 2.84. The van der Waals surface area contributed by atoms with Gasteiger partial charge in [0.05, 0.1) is 13.2 Å². The molecule has 5 heteroatoms. The molecule has 0 amide bonds. The Morgan fingerprint density at radius 2 is 2.28 bits per heavy atom. The van der Waals surface area contributed by atoms with Gasteiger partial charge in [0.15, 0.2) is 0 Å². The molecule has 0 aliphatic carbocycles. The number of aryl methyl sites for hydroxylation is 1. The highest BCUT2D eigenvalue weighted by atomic mass is 79.9. The highest BCUT2D eigenvalue weighted by Gasteiger charge is 2.08. The van der Waals surface area contributed by atoms with Crippen LogP contribution in [0.4, 0.5) is 0 Å². The lowest BCUT2D eigenvalue weighted by Crippen LogP contribution is -2.10. The summed E-state index contributed by atoms with van der Waals surface area (Å²) in [5.41, 5.74) is 1.80. The van der Waals surface area contributed by atoms with E-state index < -0.39 is 0 Å². The predicted molar refractivity (Wildman–Crippen MR) is 72.5 cm³/mol. The van der Waals surface area contributed by atoms with Crippen molar-refractivity contribution < 1.29 is 9.84 Å². The SMILES string of the molecule is Cc1cc(Br)cc(CO)c1OCCn1cccn1. The third-order valence-corrected chi connectivity index (χ3v) is 3.07. The molecule has 0 bridgehead atoms. The van der Waals surface area contributed by atoms with Gasteiger partial charge in [-0.1, -0.05) is 15.9 Å². The molecule has 0 unspecified atom stereocenters. The van der Waals surface area contributed by atoms with Crippen LogP contribution in [0.3, 0.4) is 0 Å². The molecule has 0 saturated carbocycles. The minimum Gasteiger partial charge on any atom is -0.491 e. The highest BCUT2D eigenvalue weighted by Crippen LogP contribution is 2.28. The molecule has 0 radical (unpaired) electrons. The van der Waals surface area contributed by atoms with E-state index in [1.807, 2.05) is 36.0 Å². The summed E-state index contributed by atoms with van der Waals surface area (Å²) in [6.07, 6.45) is 3.63. The monoisotopic (exact) mass is 310 g/mol. The molecule has 0 saturated heterocycles. The summed E-state index contributed by atoms with van der Waals surface area (Å²) in [5, 5.41) is 13.4. The van der Waals surface area contributed by atoms with Gasteiger partial charge in [-0.25, -0.2) is 0 Å². The van der Waals surface area contributed by atoms with Crippen LogP contribution in [0.2, 0.25) is 0 Å². The van der Waals surface area contributed by atoms with Crippen molar-refractivity contribution in [2.24, 2.45) is 0 Å². The lowest BCUT2D eigenvalue weighted by atomic mass is 10.1. The Hall–Kier alpha value is -1.33. The molecule has 0 fully saturated rings. The fourth-order valence-electron chi connectivity index (χ4n) is 1.80. The van der Waals surface area contributed by atoms with Crippen LogP contribution in [-0.4, -0.2) is 21.5 Å². The third-order valence-electron chi connectivity index (χ3n) is 2.61. The second-order valence-electron chi connectivity index (χ2n) is 3.99. The maximum atomic E-state index is 9.33. The van der Waals surface area contributed by atoms with Crippen molar-refractivity contribution in [1.29, 1.82) is 0 Å². The minimum atomic E-state index is -0.0304. The second-order valence-corrected chi connectivity index (χ2v) is 4.90. The van der Waals surface area contributed by atoms with E-state index in [0.717, 1.165) is 21.3 Å². The van der Waals surface area contributed by atoms with Crippen LogP contribution in [0.25, 0.3) is 0 Å². The molecule has 1 aromatic carbocycles. The molecule has 96 valence electrons. The Kier molecular flexibility index (Phi) is 4.38. The van der Waals surface area contributed by atoms with Crippen molar-refractivity contribution >= 4 is 15.9 Å². The molecule has 0 aliphatic rings. The van der Waals surface area contributed by atoms with E-state index in [1.54, 1.807) is 6.20 Å².